The molecule has 10 heteroatoms. The molecule has 224 valence electrons. The summed E-state index contributed by atoms with van der Waals surface area (Å²) in [6.07, 6.45) is 0.658. The van der Waals surface area contributed by atoms with E-state index in [-0.39, 0.29) is 0 Å². The molecule has 1 saturated carbocycles. The van der Waals surface area contributed by atoms with Gasteiger partial charge < -0.3 is 4.74 Å². The molecule has 0 atom stereocenters. The molecule has 1 aliphatic carbocycles. The van der Waals surface area contributed by atoms with Crippen molar-refractivity contribution in [2.75, 3.05) is 0 Å². The monoisotopic (exact) mass is 582 g/mol. The van der Waals surface area contributed by atoms with Crippen molar-refractivity contribution in [3.05, 3.63) is 54.1 Å². The van der Waals surface area contributed by atoms with E-state index in [1.54, 1.807) is 0 Å². The van der Waals surface area contributed by atoms with Gasteiger partial charge in [-0.2, -0.15) is 39.5 Å². The molecule has 40 heavy (non-hydrogen) atoms. The van der Waals surface area contributed by atoms with Crippen molar-refractivity contribution in [3.8, 4) is 16.9 Å². The molecular formula is C30H35F9O. The predicted molar refractivity (Wildman–Crippen MR) is 136 cm³/mol. The first kappa shape index (κ1) is 32.1. The number of alkyl halides is 9. The van der Waals surface area contributed by atoms with Crippen molar-refractivity contribution >= 4 is 0 Å². The Labute approximate surface area is 229 Å². The maximum absolute atomic E-state index is 13.7. The lowest BCUT2D eigenvalue weighted by atomic mass is 9.77. The summed E-state index contributed by atoms with van der Waals surface area (Å²) >= 11 is 0. The molecule has 3 rings (SSSR count). The van der Waals surface area contributed by atoms with E-state index in [1.807, 2.05) is 24.3 Å². The van der Waals surface area contributed by atoms with Crippen molar-refractivity contribution < 1.29 is 44.3 Å². The van der Waals surface area contributed by atoms with Crippen LogP contribution in [0.15, 0.2) is 48.5 Å². The summed E-state index contributed by atoms with van der Waals surface area (Å²) in [5.41, 5.74) is 2.37. The lowest BCUT2D eigenvalue weighted by molar-refractivity contribution is -0.428. The van der Waals surface area contributed by atoms with Crippen molar-refractivity contribution in [1.29, 1.82) is 0 Å². The van der Waals surface area contributed by atoms with Gasteiger partial charge in [0.15, 0.2) is 0 Å². The average Bonchev–Trinajstić information content (AvgIpc) is 2.90. The van der Waals surface area contributed by atoms with Gasteiger partial charge in [-0.1, -0.05) is 88.3 Å². The van der Waals surface area contributed by atoms with E-state index in [0.29, 0.717) is 17.0 Å². The standard InChI is InChI=1S/C30H35F9O/c1-2-3-4-5-6-7-8-21-9-11-22(12-10-21)23-13-15-24(16-14-23)25-17-19-26(20-18-25)40-30(38,39)28(33,34)27(31,32)29(35,36)37/h13-22H,2-12H2,1H3. The summed E-state index contributed by atoms with van der Waals surface area (Å²) in [5, 5.41) is 0. The molecular weight excluding hydrogens is 547 g/mol. The molecule has 1 nitrogen and oxygen atoms in total. The van der Waals surface area contributed by atoms with E-state index in [2.05, 4.69) is 11.7 Å². The number of hydrogen-bond donors (Lipinski definition) is 0. The first-order chi connectivity index (χ1) is 18.7. The Morgan fingerprint density at radius 2 is 1.12 bits per heavy atom. The molecule has 1 fully saturated rings. The molecule has 0 aromatic heterocycles. The highest BCUT2D eigenvalue weighted by molar-refractivity contribution is 5.64. The summed E-state index contributed by atoms with van der Waals surface area (Å²) in [4.78, 5) is 0. The molecule has 0 bridgehead atoms. The van der Waals surface area contributed by atoms with Crippen LogP contribution in [-0.2, 0) is 0 Å². The predicted octanol–water partition coefficient (Wildman–Crippen LogP) is 11.2. The molecule has 2 aromatic carbocycles. The minimum atomic E-state index is -7.00. The molecule has 0 spiro atoms. The van der Waals surface area contributed by atoms with Gasteiger partial charge in [-0.3, -0.25) is 0 Å². The number of rotatable bonds is 13. The summed E-state index contributed by atoms with van der Waals surface area (Å²) < 4.78 is 121. The second-order valence-corrected chi connectivity index (χ2v) is 10.7. The van der Waals surface area contributed by atoms with Crippen molar-refractivity contribution in [2.45, 2.75) is 108 Å². The van der Waals surface area contributed by atoms with Gasteiger partial charge in [-0.25, -0.2) is 0 Å². The zero-order chi connectivity index (χ0) is 29.6. The van der Waals surface area contributed by atoms with E-state index in [1.165, 1.54) is 75.5 Å². The molecule has 2 aromatic rings. The van der Waals surface area contributed by atoms with E-state index in [9.17, 15) is 39.5 Å². The van der Waals surface area contributed by atoms with Gasteiger partial charge in [0.2, 0.25) is 0 Å². The lowest BCUT2D eigenvalue weighted by Crippen LogP contribution is -2.62. The zero-order valence-electron chi connectivity index (χ0n) is 22.4. The molecule has 0 aliphatic heterocycles. The third kappa shape index (κ3) is 7.46. The van der Waals surface area contributed by atoms with Crippen LogP contribution >= 0.6 is 0 Å². The Hall–Kier alpha value is -2.39. The van der Waals surface area contributed by atoms with Gasteiger partial charge in [0, 0.05) is 0 Å². The fraction of sp³-hybridized carbons (Fsp3) is 0.600. The fourth-order valence-corrected chi connectivity index (χ4v) is 5.23. The van der Waals surface area contributed by atoms with Crippen molar-refractivity contribution in [3.63, 3.8) is 0 Å². The van der Waals surface area contributed by atoms with E-state index < -0.39 is 29.9 Å². The first-order valence-electron chi connectivity index (χ1n) is 13.8. The zero-order valence-corrected chi connectivity index (χ0v) is 22.4. The van der Waals surface area contributed by atoms with Gasteiger partial charge in [0.25, 0.3) is 0 Å². The Balaban J connectivity index is 1.54. The van der Waals surface area contributed by atoms with Gasteiger partial charge >= 0.3 is 24.1 Å². The Kier molecular flexibility index (Phi) is 10.5. The van der Waals surface area contributed by atoms with Crippen LogP contribution in [0.3, 0.4) is 0 Å². The minimum Gasteiger partial charge on any atom is -0.428 e. The summed E-state index contributed by atoms with van der Waals surface area (Å²) in [6.45, 7) is 2.21. The van der Waals surface area contributed by atoms with Crippen LogP contribution in [-0.4, -0.2) is 24.1 Å². The number of ether oxygens (including phenoxy) is 1. The summed E-state index contributed by atoms with van der Waals surface area (Å²) in [7, 11) is 0. The minimum absolute atomic E-state index is 0.448. The molecule has 0 radical (unpaired) electrons. The molecule has 1 aliphatic rings. The van der Waals surface area contributed by atoms with Gasteiger partial charge in [-0.15, -0.1) is 0 Å². The molecule has 0 unspecified atom stereocenters. The van der Waals surface area contributed by atoms with E-state index in [0.717, 1.165) is 30.9 Å². The van der Waals surface area contributed by atoms with Crippen LogP contribution in [0.5, 0.6) is 5.75 Å². The third-order valence-electron chi connectivity index (χ3n) is 7.74. The van der Waals surface area contributed by atoms with Crippen molar-refractivity contribution in [1.82, 2.24) is 0 Å². The van der Waals surface area contributed by atoms with Crippen LogP contribution in [0.1, 0.15) is 89.0 Å². The van der Waals surface area contributed by atoms with Crippen molar-refractivity contribution in [2.24, 2.45) is 5.92 Å². The highest BCUT2D eigenvalue weighted by Crippen LogP contribution is 2.53. The highest BCUT2D eigenvalue weighted by Gasteiger charge is 2.83. The number of unbranched alkanes of at least 4 members (excludes halogenated alkanes) is 5. The molecule has 0 heterocycles. The SMILES string of the molecule is CCCCCCCCC1CCC(c2ccc(-c3ccc(OC(F)(F)C(F)(F)C(F)(F)C(F)(F)F)cc3)cc2)CC1. The maximum atomic E-state index is 13.7. The highest BCUT2D eigenvalue weighted by atomic mass is 19.4. The quantitative estimate of drug-likeness (QED) is 0.169. The second kappa shape index (κ2) is 13.1. The number of benzene rings is 2. The van der Waals surface area contributed by atoms with E-state index in [4.69, 9.17) is 0 Å². The second-order valence-electron chi connectivity index (χ2n) is 10.7. The average molecular weight is 583 g/mol. The normalized spacial score (nSPS) is 19.1. The molecule has 0 N–H and O–H groups in total. The van der Waals surface area contributed by atoms with Gasteiger partial charge in [0.1, 0.15) is 5.75 Å². The first-order valence-corrected chi connectivity index (χ1v) is 13.8. The van der Waals surface area contributed by atoms with Gasteiger partial charge in [0.05, 0.1) is 0 Å². The van der Waals surface area contributed by atoms with Crippen LogP contribution in [0, 0.1) is 5.92 Å². The smallest absolute Gasteiger partial charge is 0.428 e. The molecule has 0 amide bonds. The van der Waals surface area contributed by atoms with Crippen LogP contribution in [0.2, 0.25) is 0 Å². The van der Waals surface area contributed by atoms with Crippen LogP contribution in [0.4, 0.5) is 39.5 Å². The summed E-state index contributed by atoms with van der Waals surface area (Å²) in [6, 6.07) is 11.7. The Morgan fingerprint density at radius 3 is 1.65 bits per heavy atom. The number of halogens is 9. The third-order valence-corrected chi connectivity index (χ3v) is 7.74. The maximum Gasteiger partial charge on any atom is 0.471 e. The lowest BCUT2D eigenvalue weighted by Gasteiger charge is -2.33. The van der Waals surface area contributed by atoms with Crippen LogP contribution in [0.25, 0.3) is 11.1 Å². The summed E-state index contributed by atoms with van der Waals surface area (Å²) in [5.74, 6) is -13.6. The van der Waals surface area contributed by atoms with E-state index >= 15 is 0 Å². The Morgan fingerprint density at radius 1 is 0.625 bits per heavy atom. The van der Waals surface area contributed by atoms with Crippen LogP contribution < -0.4 is 4.74 Å². The largest absolute Gasteiger partial charge is 0.471 e. The Bertz CT molecular complexity index is 1040. The number of hydrogen-bond acceptors (Lipinski definition) is 1. The topological polar surface area (TPSA) is 9.23 Å². The molecule has 0 saturated heterocycles. The fourth-order valence-electron chi connectivity index (χ4n) is 5.23. The van der Waals surface area contributed by atoms with Gasteiger partial charge in [-0.05, 0) is 66.3 Å².